The third kappa shape index (κ3) is 6.73. The van der Waals surface area contributed by atoms with Crippen LogP contribution in [0, 0.1) is 5.92 Å². The Morgan fingerprint density at radius 2 is 1.79 bits per heavy atom. The molecule has 0 spiro atoms. The highest BCUT2D eigenvalue weighted by molar-refractivity contribution is 4.82. The van der Waals surface area contributed by atoms with E-state index in [4.69, 9.17) is 0 Å². The SMILES string of the molecule is CCNC1CCCCC1CN(CC)CCCN(C)C. The number of nitrogens with one attached hydrogen (secondary N) is 1. The van der Waals surface area contributed by atoms with Crippen LogP contribution in [0.2, 0.25) is 0 Å². The highest BCUT2D eigenvalue weighted by Gasteiger charge is 2.25. The fourth-order valence-electron chi connectivity index (χ4n) is 3.28. The molecular weight excluding hydrogens is 234 g/mol. The summed E-state index contributed by atoms with van der Waals surface area (Å²) in [7, 11) is 4.33. The monoisotopic (exact) mass is 269 g/mol. The van der Waals surface area contributed by atoms with E-state index < -0.39 is 0 Å². The minimum atomic E-state index is 0.765. The lowest BCUT2D eigenvalue weighted by Crippen LogP contribution is -2.44. The molecule has 1 saturated carbocycles. The van der Waals surface area contributed by atoms with Crippen molar-refractivity contribution in [2.45, 2.75) is 52.0 Å². The van der Waals surface area contributed by atoms with E-state index in [0.717, 1.165) is 18.5 Å². The molecule has 1 rings (SSSR count). The molecule has 0 aromatic carbocycles. The van der Waals surface area contributed by atoms with Gasteiger partial charge in [0.25, 0.3) is 0 Å². The van der Waals surface area contributed by atoms with Gasteiger partial charge < -0.3 is 15.1 Å². The van der Waals surface area contributed by atoms with Gasteiger partial charge in [-0.1, -0.05) is 26.7 Å². The minimum Gasteiger partial charge on any atom is -0.314 e. The Labute approximate surface area is 120 Å². The van der Waals surface area contributed by atoms with E-state index in [1.54, 1.807) is 0 Å². The summed E-state index contributed by atoms with van der Waals surface area (Å²) in [6.45, 7) is 10.6. The van der Waals surface area contributed by atoms with Gasteiger partial charge in [0.2, 0.25) is 0 Å². The molecule has 1 aliphatic rings. The van der Waals surface area contributed by atoms with Crippen LogP contribution in [-0.2, 0) is 0 Å². The second-order valence-electron chi connectivity index (χ2n) is 6.26. The van der Waals surface area contributed by atoms with E-state index in [1.807, 2.05) is 0 Å². The van der Waals surface area contributed by atoms with Gasteiger partial charge in [-0.15, -0.1) is 0 Å². The quantitative estimate of drug-likeness (QED) is 0.693. The molecule has 0 aromatic heterocycles. The van der Waals surface area contributed by atoms with Gasteiger partial charge in [-0.2, -0.15) is 0 Å². The molecule has 3 heteroatoms. The van der Waals surface area contributed by atoms with Crippen molar-refractivity contribution in [3.05, 3.63) is 0 Å². The number of rotatable bonds is 9. The van der Waals surface area contributed by atoms with Gasteiger partial charge in [0.05, 0.1) is 0 Å². The van der Waals surface area contributed by atoms with Gasteiger partial charge in [0, 0.05) is 12.6 Å². The molecule has 0 amide bonds. The molecule has 114 valence electrons. The van der Waals surface area contributed by atoms with E-state index >= 15 is 0 Å². The van der Waals surface area contributed by atoms with E-state index in [-0.39, 0.29) is 0 Å². The Balaban J connectivity index is 2.34. The molecule has 0 aromatic rings. The molecule has 1 N–H and O–H groups in total. The van der Waals surface area contributed by atoms with Crippen molar-refractivity contribution in [2.24, 2.45) is 5.92 Å². The van der Waals surface area contributed by atoms with Gasteiger partial charge in [0.1, 0.15) is 0 Å². The Morgan fingerprint density at radius 3 is 2.42 bits per heavy atom. The first-order valence-corrected chi connectivity index (χ1v) is 8.27. The van der Waals surface area contributed by atoms with Gasteiger partial charge in [-0.3, -0.25) is 0 Å². The molecule has 0 saturated heterocycles. The fourth-order valence-corrected chi connectivity index (χ4v) is 3.28. The third-order valence-electron chi connectivity index (χ3n) is 4.39. The first-order valence-electron chi connectivity index (χ1n) is 8.27. The van der Waals surface area contributed by atoms with Crippen LogP contribution >= 0.6 is 0 Å². The highest BCUT2D eigenvalue weighted by Crippen LogP contribution is 2.25. The predicted octanol–water partition coefficient (Wildman–Crippen LogP) is 2.43. The second kappa shape index (κ2) is 9.73. The normalized spacial score (nSPS) is 24.3. The van der Waals surface area contributed by atoms with E-state index in [1.165, 1.54) is 58.3 Å². The third-order valence-corrected chi connectivity index (χ3v) is 4.39. The van der Waals surface area contributed by atoms with Crippen LogP contribution in [0.1, 0.15) is 46.0 Å². The molecule has 1 aliphatic carbocycles. The first kappa shape index (κ1) is 16.9. The van der Waals surface area contributed by atoms with E-state index in [2.05, 4.69) is 43.1 Å². The zero-order valence-corrected chi connectivity index (χ0v) is 13.6. The topological polar surface area (TPSA) is 18.5 Å². The summed E-state index contributed by atoms with van der Waals surface area (Å²) in [5, 5.41) is 3.70. The number of nitrogens with zero attached hydrogens (tertiary/aromatic N) is 2. The molecule has 1 fully saturated rings. The summed E-state index contributed by atoms with van der Waals surface area (Å²) in [5.74, 6) is 0.869. The number of hydrogen-bond donors (Lipinski definition) is 1. The first-order chi connectivity index (χ1) is 9.17. The van der Waals surface area contributed by atoms with E-state index in [9.17, 15) is 0 Å². The smallest absolute Gasteiger partial charge is 0.0107 e. The van der Waals surface area contributed by atoms with Crippen LogP contribution in [0.4, 0.5) is 0 Å². The fraction of sp³-hybridized carbons (Fsp3) is 1.00. The van der Waals surface area contributed by atoms with Crippen LogP contribution in [0.3, 0.4) is 0 Å². The highest BCUT2D eigenvalue weighted by atomic mass is 15.1. The number of hydrogen-bond acceptors (Lipinski definition) is 3. The van der Waals surface area contributed by atoms with Crippen LogP contribution in [0.25, 0.3) is 0 Å². The van der Waals surface area contributed by atoms with Crippen LogP contribution in [0.5, 0.6) is 0 Å². The van der Waals surface area contributed by atoms with Crippen LogP contribution < -0.4 is 5.32 Å². The maximum Gasteiger partial charge on any atom is 0.0107 e. The zero-order valence-electron chi connectivity index (χ0n) is 13.6. The Bertz CT molecular complexity index is 216. The largest absolute Gasteiger partial charge is 0.314 e. The maximum atomic E-state index is 3.70. The molecule has 0 bridgehead atoms. The summed E-state index contributed by atoms with van der Waals surface area (Å²) in [5.41, 5.74) is 0. The Morgan fingerprint density at radius 1 is 1.05 bits per heavy atom. The van der Waals surface area contributed by atoms with Gasteiger partial charge >= 0.3 is 0 Å². The minimum absolute atomic E-state index is 0.765. The van der Waals surface area contributed by atoms with Gasteiger partial charge in [-0.05, 0) is 65.5 Å². The summed E-state index contributed by atoms with van der Waals surface area (Å²) in [6.07, 6.45) is 6.94. The molecule has 3 nitrogen and oxygen atoms in total. The average Bonchev–Trinajstić information content (AvgIpc) is 2.39. The molecule has 2 unspecified atom stereocenters. The molecule has 2 atom stereocenters. The van der Waals surface area contributed by atoms with Crippen molar-refractivity contribution >= 4 is 0 Å². The summed E-state index contributed by atoms with van der Waals surface area (Å²) in [4.78, 5) is 4.94. The van der Waals surface area contributed by atoms with Crippen molar-refractivity contribution in [2.75, 3.05) is 46.8 Å². The molecule has 0 radical (unpaired) electrons. The zero-order chi connectivity index (χ0) is 14.1. The van der Waals surface area contributed by atoms with E-state index in [0.29, 0.717) is 0 Å². The lowest BCUT2D eigenvalue weighted by atomic mass is 9.84. The van der Waals surface area contributed by atoms with Crippen LogP contribution in [0.15, 0.2) is 0 Å². The molecule has 19 heavy (non-hydrogen) atoms. The van der Waals surface area contributed by atoms with Crippen molar-refractivity contribution in [3.63, 3.8) is 0 Å². The van der Waals surface area contributed by atoms with Crippen molar-refractivity contribution in [3.8, 4) is 0 Å². The Hall–Kier alpha value is -0.120. The summed E-state index contributed by atoms with van der Waals surface area (Å²) < 4.78 is 0. The van der Waals surface area contributed by atoms with Gasteiger partial charge in [0.15, 0.2) is 0 Å². The second-order valence-corrected chi connectivity index (χ2v) is 6.26. The van der Waals surface area contributed by atoms with Crippen LogP contribution in [-0.4, -0.2) is 62.7 Å². The van der Waals surface area contributed by atoms with Crippen molar-refractivity contribution in [1.29, 1.82) is 0 Å². The molecular formula is C16H35N3. The Kier molecular flexibility index (Phi) is 8.67. The standard InChI is InChI=1S/C16H35N3/c1-5-17-16-11-8-7-10-15(16)14-19(6-2)13-9-12-18(3)4/h15-17H,5-14H2,1-4H3. The molecule has 0 aliphatic heterocycles. The van der Waals surface area contributed by atoms with Crippen molar-refractivity contribution < 1.29 is 0 Å². The predicted molar refractivity (Wildman–Crippen MR) is 84.7 cm³/mol. The molecule has 0 heterocycles. The summed E-state index contributed by atoms with van der Waals surface area (Å²) >= 11 is 0. The lowest BCUT2D eigenvalue weighted by molar-refractivity contribution is 0.169. The van der Waals surface area contributed by atoms with Gasteiger partial charge in [-0.25, -0.2) is 0 Å². The average molecular weight is 269 g/mol. The maximum absolute atomic E-state index is 3.70. The van der Waals surface area contributed by atoms with Crippen molar-refractivity contribution in [1.82, 2.24) is 15.1 Å². The lowest BCUT2D eigenvalue weighted by Gasteiger charge is -2.36. The summed E-state index contributed by atoms with van der Waals surface area (Å²) in [6, 6.07) is 0.765.